The van der Waals surface area contributed by atoms with Crippen LogP contribution in [0.4, 0.5) is 4.79 Å². The Kier molecular flexibility index (Phi) is 6.26. The van der Waals surface area contributed by atoms with Gasteiger partial charge < -0.3 is 20.5 Å². The van der Waals surface area contributed by atoms with E-state index in [9.17, 15) is 9.90 Å². The molecule has 0 fully saturated rings. The van der Waals surface area contributed by atoms with Gasteiger partial charge in [0, 0.05) is 18.1 Å². The van der Waals surface area contributed by atoms with Crippen LogP contribution in [0, 0.1) is 0 Å². The molecule has 3 N–H and O–H groups in total. The van der Waals surface area contributed by atoms with Crippen LogP contribution >= 0.6 is 11.6 Å². The Morgan fingerprint density at radius 3 is 2.39 bits per heavy atom. The highest BCUT2D eigenvalue weighted by Gasteiger charge is 2.09. The molecule has 0 spiro atoms. The highest BCUT2D eigenvalue weighted by molar-refractivity contribution is 6.30. The number of amides is 2. The van der Waals surface area contributed by atoms with Gasteiger partial charge in [0.2, 0.25) is 0 Å². The Balaban J connectivity index is 1.74. The summed E-state index contributed by atoms with van der Waals surface area (Å²) in [5.74, 6) is 0.768. The zero-order chi connectivity index (χ0) is 16.7. The normalized spacial score (nSPS) is 11.6. The Morgan fingerprint density at radius 2 is 1.78 bits per heavy atom. The zero-order valence-electron chi connectivity index (χ0n) is 12.8. The third-order valence-corrected chi connectivity index (χ3v) is 3.57. The molecule has 5 nitrogen and oxygen atoms in total. The van der Waals surface area contributed by atoms with Gasteiger partial charge in [-0.25, -0.2) is 4.79 Å². The number of carbonyl (C=O) groups excluding carboxylic acids is 1. The highest BCUT2D eigenvalue weighted by Crippen LogP contribution is 2.15. The van der Waals surface area contributed by atoms with Gasteiger partial charge in [0.05, 0.1) is 13.2 Å². The number of urea groups is 1. The lowest BCUT2D eigenvalue weighted by Crippen LogP contribution is -2.37. The number of aliphatic hydroxyl groups is 1. The number of methoxy groups -OCH3 is 1. The Labute approximate surface area is 140 Å². The van der Waals surface area contributed by atoms with Gasteiger partial charge in [0.15, 0.2) is 0 Å². The van der Waals surface area contributed by atoms with E-state index in [-0.39, 0.29) is 12.6 Å². The molecule has 6 heteroatoms. The number of ether oxygens (including phenoxy) is 1. The third kappa shape index (κ3) is 5.47. The standard InChI is InChI=1S/C17H19ClN2O3/c1-23-15-8-2-12(3-9-15)10-19-17(22)20-11-16(21)13-4-6-14(18)7-5-13/h2-9,16,21H,10-11H2,1H3,(H2,19,20,22)/t16-/m1/s1. The van der Waals surface area contributed by atoms with Crippen molar-refractivity contribution in [2.75, 3.05) is 13.7 Å². The fraction of sp³-hybridized carbons (Fsp3) is 0.235. The molecule has 0 unspecified atom stereocenters. The van der Waals surface area contributed by atoms with Crippen molar-refractivity contribution in [3.8, 4) is 5.75 Å². The van der Waals surface area contributed by atoms with Crippen molar-refractivity contribution < 1.29 is 14.6 Å². The first-order chi connectivity index (χ1) is 11.1. The monoisotopic (exact) mass is 334 g/mol. The molecule has 0 aliphatic carbocycles. The lowest BCUT2D eigenvalue weighted by molar-refractivity contribution is 0.173. The molecule has 0 heterocycles. The summed E-state index contributed by atoms with van der Waals surface area (Å²) in [6.45, 7) is 0.517. The van der Waals surface area contributed by atoms with Gasteiger partial charge in [-0.15, -0.1) is 0 Å². The van der Waals surface area contributed by atoms with Gasteiger partial charge in [-0.1, -0.05) is 35.9 Å². The number of nitrogens with one attached hydrogen (secondary N) is 2. The van der Waals surface area contributed by atoms with Crippen LogP contribution in [-0.4, -0.2) is 24.8 Å². The molecular weight excluding hydrogens is 316 g/mol. The van der Waals surface area contributed by atoms with Gasteiger partial charge in [-0.3, -0.25) is 0 Å². The SMILES string of the molecule is COc1ccc(CNC(=O)NC[C@@H](O)c2ccc(Cl)cc2)cc1. The number of benzene rings is 2. The van der Waals surface area contributed by atoms with Crippen molar-refractivity contribution in [1.29, 1.82) is 0 Å². The van der Waals surface area contributed by atoms with Crippen LogP contribution in [-0.2, 0) is 6.54 Å². The quantitative estimate of drug-likeness (QED) is 0.760. The van der Waals surface area contributed by atoms with E-state index in [2.05, 4.69) is 10.6 Å². The smallest absolute Gasteiger partial charge is 0.315 e. The van der Waals surface area contributed by atoms with Crippen molar-refractivity contribution in [2.45, 2.75) is 12.6 Å². The molecule has 23 heavy (non-hydrogen) atoms. The molecule has 2 amide bonds. The van der Waals surface area contributed by atoms with Gasteiger partial charge in [0.1, 0.15) is 5.75 Å². The third-order valence-electron chi connectivity index (χ3n) is 3.32. The second-order valence-corrected chi connectivity index (χ2v) is 5.42. The summed E-state index contributed by atoms with van der Waals surface area (Å²) in [7, 11) is 1.60. The number of hydrogen-bond acceptors (Lipinski definition) is 3. The van der Waals surface area contributed by atoms with Crippen molar-refractivity contribution in [3.63, 3.8) is 0 Å². The van der Waals surface area contributed by atoms with E-state index >= 15 is 0 Å². The molecular formula is C17H19ClN2O3. The van der Waals surface area contributed by atoms with Gasteiger partial charge in [-0.2, -0.15) is 0 Å². The predicted molar refractivity (Wildman–Crippen MR) is 89.6 cm³/mol. The van der Waals surface area contributed by atoms with Crippen LogP contribution in [0.25, 0.3) is 0 Å². The molecule has 0 aliphatic heterocycles. The summed E-state index contributed by atoms with van der Waals surface area (Å²) in [6.07, 6.45) is -0.779. The van der Waals surface area contributed by atoms with E-state index in [0.717, 1.165) is 11.3 Å². The summed E-state index contributed by atoms with van der Waals surface area (Å²) < 4.78 is 5.07. The van der Waals surface area contributed by atoms with Crippen LogP contribution in [0.5, 0.6) is 5.75 Å². The molecule has 2 rings (SSSR count). The second kappa shape index (κ2) is 8.41. The fourth-order valence-corrected chi connectivity index (χ4v) is 2.11. The Morgan fingerprint density at radius 1 is 1.13 bits per heavy atom. The molecule has 0 aromatic heterocycles. The zero-order valence-corrected chi connectivity index (χ0v) is 13.5. The lowest BCUT2D eigenvalue weighted by Gasteiger charge is -2.13. The van der Waals surface area contributed by atoms with E-state index in [1.807, 2.05) is 24.3 Å². The molecule has 0 saturated carbocycles. The van der Waals surface area contributed by atoms with Crippen LogP contribution < -0.4 is 15.4 Å². The van der Waals surface area contributed by atoms with Crippen molar-refractivity contribution >= 4 is 17.6 Å². The topological polar surface area (TPSA) is 70.6 Å². The summed E-state index contributed by atoms with van der Waals surface area (Å²) in [4.78, 5) is 11.8. The number of hydrogen-bond donors (Lipinski definition) is 3. The molecule has 0 radical (unpaired) electrons. The minimum Gasteiger partial charge on any atom is -0.497 e. The first-order valence-corrected chi connectivity index (χ1v) is 7.54. The van der Waals surface area contributed by atoms with Crippen LogP contribution in [0.1, 0.15) is 17.2 Å². The number of carbonyl (C=O) groups is 1. The lowest BCUT2D eigenvalue weighted by atomic mass is 10.1. The molecule has 0 aliphatic rings. The van der Waals surface area contributed by atoms with E-state index in [0.29, 0.717) is 17.1 Å². The second-order valence-electron chi connectivity index (χ2n) is 4.98. The Hall–Kier alpha value is -2.24. The van der Waals surface area contributed by atoms with Crippen LogP contribution in [0.3, 0.4) is 0 Å². The first kappa shape index (κ1) is 17.1. The molecule has 122 valence electrons. The van der Waals surface area contributed by atoms with E-state index in [1.165, 1.54) is 0 Å². The predicted octanol–water partition coefficient (Wildman–Crippen LogP) is 2.88. The number of aliphatic hydroxyl groups excluding tert-OH is 1. The van der Waals surface area contributed by atoms with Crippen molar-refractivity contribution in [2.24, 2.45) is 0 Å². The first-order valence-electron chi connectivity index (χ1n) is 7.16. The number of halogens is 1. The molecule has 2 aromatic rings. The van der Waals surface area contributed by atoms with Crippen molar-refractivity contribution in [3.05, 3.63) is 64.7 Å². The Bertz CT molecular complexity index is 629. The van der Waals surface area contributed by atoms with Gasteiger partial charge in [-0.05, 0) is 35.4 Å². The van der Waals surface area contributed by atoms with Crippen LogP contribution in [0.15, 0.2) is 48.5 Å². The fourth-order valence-electron chi connectivity index (χ4n) is 1.98. The molecule has 2 aromatic carbocycles. The largest absolute Gasteiger partial charge is 0.497 e. The molecule has 0 saturated heterocycles. The maximum atomic E-state index is 11.8. The highest BCUT2D eigenvalue weighted by atomic mass is 35.5. The molecule has 1 atom stereocenters. The number of rotatable bonds is 6. The minimum atomic E-state index is -0.779. The van der Waals surface area contributed by atoms with Crippen molar-refractivity contribution in [1.82, 2.24) is 10.6 Å². The van der Waals surface area contributed by atoms with Gasteiger partial charge >= 0.3 is 6.03 Å². The maximum absolute atomic E-state index is 11.8. The van der Waals surface area contributed by atoms with E-state index in [4.69, 9.17) is 16.3 Å². The summed E-state index contributed by atoms with van der Waals surface area (Å²) in [5, 5.41) is 16.0. The summed E-state index contributed by atoms with van der Waals surface area (Å²) in [6, 6.07) is 13.9. The van der Waals surface area contributed by atoms with Gasteiger partial charge in [0.25, 0.3) is 0 Å². The van der Waals surface area contributed by atoms with Crippen LogP contribution in [0.2, 0.25) is 5.02 Å². The average molecular weight is 335 g/mol. The van der Waals surface area contributed by atoms with E-state index < -0.39 is 6.10 Å². The molecule has 0 bridgehead atoms. The maximum Gasteiger partial charge on any atom is 0.315 e. The summed E-state index contributed by atoms with van der Waals surface area (Å²) in [5.41, 5.74) is 1.66. The summed E-state index contributed by atoms with van der Waals surface area (Å²) >= 11 is 5.79. The average Bonchev–Trinajstić information content (AvgIpc) is 2.59. The van der Waals surface area contributed by atoms with E-state index in [1.54, 1.807) is 31.4 Å². The minimum absolute atomic E-state index is 0.121.